The number of hydrogen-bond donors (Lipinski definition) is 2. The van der Waals surface area contributed by atoms with Gasteiger partial charge in [0.1, 0.15) is 0 Å². The predicted octanol–water partition coefficient (Wildman–Crippen LogP) is 4.26. The first-order valence-electron chi connectivity index (χ1n) is 6.54. The monoisotopic (exact) mass is 352 g/mol. The normalized spacial score (nSPS) is 10.3. The highest BCUT2D eigenvalue weighted by atomic mass is 79.9. The van der Waals surface area contributed by atoms with E-state index in [0.717, 1.165) is 23.1 Å². The van der Waals surface area contributed by atoms with E-state index in [1.165, 1.54) is 4.88 Å². The molecule has 0 saturated carbocycles. The Labute approximate surface area is 131 Å². The van der Waals surface area contributed by atoms with Gasteiger partial charge in [0.2, 0.25) is 0 Å². The number of nitrogens with one attached hydrogen (secondary N) is 2. The van der Waals surface area contributed by atoms with Gasteiger partial charge in [0.25, 0.3) is 5.91 Å². The van der Waals surface area contributed by atoms with E-state index in [1.54, 1.807) is 11.3 Å². The summed E-state index contributed by atoms with van der Waals surface area (Å²) in [4.78, 5) is 13.1. The molecule has 20 heavy (non-hydrogen) atoms. The molecule has 1 aromatic heterocycles. The molecule has 2 rings (SSSR count). The summed E-state index contributed by atoms with van der Waals surface area (Å²) in [5, 5.41) is 8.27. The maximum atomic E-state index is 11.9. The van der Waals surface area contributed by atoms with Gasteiger partial charge >= 0.3 is 0 Å². The zero-order valence-corrected chi connectivity index (χ0v) is 13.7. The van der Waals surface area contributed by atoms with E-state index < -0.39 is 0 Å². The Balaban J connectivity index is 1.99. The first-order valence-corrected chi connectivity index (χ1v) is 8.22. The number of carbonyl (C=O) groups is 1. The van der Waals surface area contributed by atoms with E-state index in [4.69, 9.17) is 0 Å². The number of rotatable bonds is 6. The molecule has 0 aliphatic rings. The van der Waals surface area contributed by atoms with Crippen molar-refractivity contribution in [1.29, 1.82) is 0 Å². The summed E-state index contributed by atoms with van der Waals surface area (Å²) in [5.41, 5.74) is 1.64. The number of anilines is 1. The van der Waals surface area contributed by atoms with Crippen LogP contribution < -0.4 is 10.6 Å². The minimum Gasteiger partial charge on any atom is -0.380 e. The molecule has 2 N–H and O–H groups in total. The zero-order chi connectivity index (χ0) is 14.4. The van der Waals surface area contributed by atoms with Gasteiger partial charge in [0.15, 0.2) is 0 Å². The Morgan fingerprint density at radius 1 is 1.35 bits per heavy atom. The van der Waals surface area contributed by atoms with Gasteiger partial charge in [0, 0.05) is 27.1 Å². The van der Waals surface area contributed by atoms with Crippen LogP contribution in [0, 0.1) is 0 Å². The van der Waals surface area contributed by atoms with Gasteiger partial charge in [-0.25, -0.2) is 0 Å². The molecule has 1 aromatic carbocycles. The molecule has 0 aliphatic carbocycles. The smallest absolute Gasteiger partial charge is 0.251 e. The van der Waals surface area contributed by atoms with E-state index in [0.29, 0.717) is 12.1 Å². The molecule has 0 aliphatic heterocycles. The Morgan fingerprint density at radius 3 is 2.90 bits per heavy atom. The molecular weight excluding hydrogens is 336 g/mol. The van der Waals surface area contributed by atoms with Crippen LogP contribution in [0.2, 0.25) is 0 Å². The standard InChI is InChI=1S/C15H17BrN2OS/c1-2-7-17-15(19)11-4-3-5-12(9-11)18-10-14-13(16)6-8-20-14/h3-6,8-9,18H,2,7,10H2,1H3,(H,17,19). The third kappa shape index (κ3) is 4.08. The highest BCUT2D eigenvalue weighted by Gasteiger charge is 2.06. The molecule has 5 heteroatoms. The quantitative estimate of drug-likeness (QED) is 0.815. The lowest BCUT2D eigenvalue weighted by Gasteiger charge is -2.08. The van der Waals surface area contributed by atoms with Crippen molar-refractivity contribution < 1.29 is 4.79 Å². The van der Waals surface area contributed by atoms with Crippen LogP contribution in [-0.4, -0.2) is 12.5 Å². The van der Waals surface area contributed by atoms with Crippen molar-refractivity contribution >= 4 is 38.9 Å². The number of thiophene rings is 1. The first-order chi connectivity index (χ1) is 9.70. The predicted molar refractivity (Wildman–Crippen MR) is 88.4 cm³/mol. The van der Waals surface area contributed by atoms with Crippen molar-refractivity contribution in [1.82, 2.24) is 5.32 Å². The number of hydrogen-bond acceptors (Lipinski definition) is 3. The maximum Gasteiger partial charge on any atom is 0.251 e. The third-order valence-electron chi connectivity index (χ3n) is 2.80. The fraction of sp³-hybridized carbons (Fsp3) is 0.267. The van der Waals surface area contributed by atoms with Crippen molar-refractivity contribution in [2.75, 3.05) is 11.9 Å². The Bertz CT molecular complexity index is 583. The van der Waals surface area contributed by atoms with Gasteiger partial charge < -0.3 is 10.6 Å². The summed E-state index contributed by atoms with van der Waals surface area (Å²) in [5.74, 6) is -0.0206. The lowest BCUT2D eigenvalue weighted by atomic mass is 10.2. The molecule has 1 amide bonds. The second-order valence-corrected chi connectivity index (χ2v) is 6.24. The maximum absolute atomic E-state index is 11.9. The van der Waals surface area contributed by atoms with Gasteiger partial charge in [-0.05, 0) is 52.0 Å². The van der Waals surface area contributed by atoms with E-state index in [9.17, 15) is 4.79 Å². The van der Waals surface area contributed by atoms with E-state index in [-0.39, 0.29) is 5.91 Å². The molecule has 0 saturated heterocycles. The summed E-state index contributed by atoms with van der Waals surface area (Å²) in [6.07, 6.45) is 0.941. The van der Waals surface area contributed by atoms with Crippen molar-refractivity contribution in [3.8, 4) is 0 Å². The third-order valence-corrected chi connectivity index (χ3v) is 4.73. The highest BCUT2D eigenvalue weighted by Crippen LogP contribution is 2.23. The summed E-state index contributed by atoms with van der Waals surface area (Å²) in [7, 11) is 0. The number of amides is 1. The SMILES string of the molecule is CCCNC(=O)c1cccc(NCc2sccc2Br)c1. The molecule has 0 atom stereocenters. The second kappa shape index (κ2) is 7.45. The van der Waals surface area contributed by atoms with Crippen LogP contribution in [-0.2, 0) is 6.54 Å². The topological polar surface area (TPSA) is 41.1 Å². The van der Waals surface area contributed by atoms with Crippen LogP contribution in [0.5, 0.6) is 0 Å². The van der Waals surface area contributed by atoms with Gasteiger partial charge in [-0.2, -0.15) is 0 Å². The van der Waals surface area contributed by atoms with Gasteiger partial charge in [-0.1, -0.05) is 13.0 Å². The van der Waals surface area contributed by atoms with Crippen molar-refractivity contribution in [3.63, 3.8) is 0 Å². The number of carbonyl (C=O) groups excluding carboxylic acids is 1. The number of halogens is 1. The molecule has 3 nitrogen and oxygen atoms in total. The van der Waals surface area contributed by atoms with Gasteiger partial charge in [-0.3, -0.25) is 4.79 Å². The highest BCUT2D eigenvalue weighted by molar-refractivity contribution is 9.10. The minimum absolute atomic E-state index is 0.0206. The van der Waals surface area contributed by atoms with Gasteiger partial charge in [-0.15, -0.1) is 11.3 Å². The minimum atomic E-state index is -0.0206. The van der Waals surface area contributed by atoms with Gasteiger partial charge in [0.05, 0.1) is 6.54 Å². The molecule has 0 bridgehead atoms. The Kier molecular flexibility index (Phi) is 5.61. The molecule has 0 unspecified atom stereocenters. The molecule has 0 fully saturated rings. The second-order valence-electron chi connectivity index (χ2n) is 4.38. The Morgan fingerprint density at radius 2 is 2.20 bits per heavy atom. The summed E-state index contributed by atoms with van der Waals surface area (Å²) < 4.78 is 1.12. The van der Waals surface area contributed by atoms with Crippen LogP contribution in [0.25, 0.3) is 0 Å². The van der Waals surface area contributed by atoms with E-state index >= 15 is 0 Å². The van der Waals surface area contributed by atoms with Crippen LogP contribution >= 0.6 is 27.3 Å². The van der Waals surface area contributed by atoms with Crippen molar-refractivity contribution in [3.05, 3.63) is 50.6 Å². The molecule has 0 radical (unpaired) electrons. The lowest BCUT2D eigenvalue weighted by molar-refractivity contribution is 0.0953. The van der Waals surface area contributed by atoms with Crippen LogP contribution in [0.3, 0.4) is 0 Å². The molecule has 2 aromatic rings. The molecular formula is C15H17BrN2OS. The van der Waals surface area contributed by atoms with Crippen LogP contribution in [0.4, 0.5) is 5.69 Å². The summed E-state index contributed by atoms with van der Waals surface area (Å²) in [6.45, 7) is 3.49. The number of benzene rings is 1. The van der Waals surface area contributed by atoms with E-state index in [1.807, 2.05) is 37.3 Å². The zero-order valence-electron chi connectivity index (χ0n) is 11.3. The largest absolute Gasteiger partial charge is 0.380 e. The van der Waals surface area contributed by atoms with Crippen LogP contribution in [0.15, 0.2) is 40.2 Å². The van der Waals surface area contributed by atoms with E-state index in [2.05, 4.69) is 31.9 Å². The first kappa shape index (κ1) is 15.1. The molecule has 0 spiro atoms. The lowest BCUT2D eigenvalue weighted by Crippen LogP contribution is -2.23. The Hall–Kier alpha value is -1.33. The average molecular weight is 353 g/mol. The summed E-state index contributed by atoms with van der Waals surface area (Å²) >= 11 is 5.21. The van der Waals surface area contributed by atoms with Crippen molar-refractivity contribution in [2.24, 2.45) is 0 Å². The fourth-order valence-corrected chi connectivity index (χ4v) is 3.18. The van der Waals surface area contributed by atoms with Crippen molar-refractivity contribution in [2.45, 2.75) is 19.9 Å². The molecule has 1 heterocycles. The van der Waals surface area contributed by atoms with Crippen LogP contribution in [0.1, 0.15) is 28.6 Å². The summed E-state index contributed by atoms with van der Waals surface area (Å²) in [6, 6.07) is 9.62. The fourth-order valence-electron chi connectivity index (χ4n) is 1.74. The average Bonchev–Trinajstić information content (AvgIpc) is 2.88. The molecule has 106 valence electrons.